The van der Waals surface area contributed by atoms with Gasteiger partial charge in [-0.3, -0.25) is 4.79 Å². The maximum absolute atomic E-state index is 12.6. The summed E-state index contributed by atoms with van der Waals surface area (Å²) in [5.74, 6) is -2.27. The van der Waals surface area contributed by atoms with Gasteiger partial charge in [0.15, 0.2) is 0 Å². The van der Waals surface area contributed by atoms with Crippen LogP contribution >= 0.6 is 0 Å². The summed E-state index contributed by atoms with van der Waals surface area (Å²) in [6.45, 7) is 4.84. The molecule has 0 aromatic carbocycles. The second-order valence-electron chi connectivity index (χ2n) is 4.40. The monoisotopic (exact) mass is 284 g/mol. The van der Waals surface area contributed by atoms with E-state index in [1.54, 1.807) is 11.9 Å². The number of carboxylic acid groups (broad SMARTS) is 1. The minimum absolute atomic E-state index is 0.0557. The molecule has 0 amide bonds. The normalized spacial score (nSPS) is 23.1. The molecule has 2 unspecified atom stereocenters. The first-order valence-electron chi connectivity index (χ1n) is 6.51. The molecule has 4 nitrogen and oxygen atoms in total. The van der Waals surface area contributed by atoms with Gasteiger partial charge in [0.05, 0.1) is 12.3 Å². The molecule has 1 saturated heterocycles. The molecular weight excluding hydrogens is 261 g/mol. The van der Waals surface area contributed by atoms with Gasteiger partial charge in [0.1, 0.15) is 0 Å². The molecule has 0 bridgehead atoms. The van der Waals surface area contributed by atoms with E-state index in [9.17, 15) is 18.0 Å². The fourth-order valence-electron chi connectivity index (χ4n) is 2.06. The van der Waals surface area contributed by atoms with Gasteiger partial charge >= 0.3 is 12.1 Å². The first kappa shape index (κ1) is 18.2. The number of hydrogen-bond acceptors (Lipinski definition) is 3. The highest BCUT2D eigenvalue weighted by molar-refractivity contribution is 5.66. The molecule has 1 heterocycles. The smallest absolute Gasteiger partial charge is 0.393 e. The van der Waals surface area contributed by atoms with E-state index < -0.39 is 24.1 Å². The van der Waals surface area contributed by atoms with Crippen LogP contribution in [0.5, 0.6) is 0 Å². The SMILES string of the molecule is CC.CN(CCC(=O)O)CC1NCCC1C(F)(F)F. The van der Waals surface area contributed by atoms with E-state index in [-0.39, 0.29) is 25.9 Å². The first-order valence-corrected chi connectivity index (χ1v) is 6.51. The number of hydrogen-bond donors (Lipinski definition) is 2. The third kappa shape index (κ3) is 6.77. The van der Waals surface area contributed by atoms with Crippen molar-refractivity contribution in [1.82, 2.24) is 10.2 Å². The first-order chi connectivity index (χ1) is 8.80. The van der Waals surface area contributed by atoms with Gasteiger partial charge in [-0.05, 0) is 20.0 Å². The second kappa shape index (κ2) is 8.37. The topological polar surface area (TPSA) is 52.6 Å². The number of nitrogens with one attached hydrogen (secondary N) is 1. The van der Waals surface area contributed by atoms with Crippen molar-refractivity contribution >= 4 is 5.97 Å². The van der Waals surface area contributed by atoms with Crippen molar-refractivity contribution in [3.8, 4) is 0 Å². The van der Waals surface area contributed by atoms with Crippen LogP contribution in [0.1, 0.15) is 26.7 Å². The third-order valence-corrected chi connectivity index (χ3v) is 2.98. The lowest BCUT2D eigenvalue weighted by molar-refractivity contribution is -0.177. The molecule has 2 N–H and O–H groups in total. The van der Waals surface area contributed by atoms with Crippen molar-refractivity contribution in [3.05, 3.63) is 0 Å². The molecule has 0 aromatic rings. The summed E-state index contributed by atoms with van der Waals surface area (Å²) in [7, 11) is 1.64. The summed E-state index contributed by atoms with van der Waals surface area (Å²) in [4.78, 5) is 12.0. The average molecular weight is 284 g/mol. The predicted octanol–water partition coefficient (Wildman–Crippen LogP) is 1.96. The molecular formula is C12H23F3N2O2. The molecule has 2 atom stereocenters. The molecule has 1 rings (SSSR count). The standard InChI is InChI=1S/C10H17F3N2O2.C2H6/c1-15(5-3-9(16)17)6-8-7(2-4-14-8)10(11,12)13;1-2/h7-8,14H,2-6H2,1H3,(H,16,17);1-2H3. The summed E-state index contributed by atoms with van der Waals surface area (Å²) in [6.07, 6.45) is -4.14. The van der Waals surface area contributed by atoms with Gasteiger partial charge in [0.2, 0.25) is 0 Å². The molecule has 7 heteroatoms. The van der Waals surface area contributed by atoms with Gasteiger partial charge in [-0.2, -0.15) is 13.2 Å². The number of aliphatic carboxylic acids is 1. The molecule has 19 heavy (non-hydrogen) atoms. The van der Waals surface area contributed by atoms with E-state index in [0.717, 1.165) is 0 Å². The van der Waals surface area contributed by atoms with Gasteiger partial charge in [-0.15, -0.1) is 0 Å². The molecule has 0 spiro atoms. The number of rotatable bonds is 5. The summed E-state index contributed by atoms with van der Waals surface area (Å²) in [5.41, 5.74) is 0. The predicted molar refractivity (Wildman–Crippen MR) is 67.1 cm³/mol. The van der Waals surface area contributed by atoms with Crippen molar-refractivity contribution in [2.45, 2.75) is 38.9 Å². The molecule has 0 radical (unpaired) electrons. The van der Waals surface area contributed by atoms with E-state index in [2.05, 4.69) is 5.32 Å². The van der Waals surface area contributed by atoms with Crippen molar-refractivity contribution in [3.63, 3.8) is 0 Å². The van der Waals surface area contributed by atoms with Crippen molar-refractivity contribution in [2.24, 2.45) is 5.92 Å². The summed E-state index contributed by atoms with van der Waals surface area (Å²) in [6, 6.07) is -0.631. The molecule has 0 aliphatic carbocycles. The highest BCUT2D eigenvalue weighted by Crippen LogP contribution is 2.34. The van der Waals surface area contributed by atoms with Crippen LogP contribution in [0.25, 0.3) is 0 Å². The summed E-state index contributed by atoms with van der Waals surface area (Å²) in [5, 5.41) is 11.3. The van der Waals surface area contributed by atoms with Crippen LogP contribution in [0.4, 0.5) is 13.2 Å². The minimum Gasteiger partial charge on any atom is -0.481 e. The van der Waals surface area contributed by atoms with Gasteiger partial charge in [-0.25, -0.2) is 0 Å². The number of alkyl halides is 3. The van der Waals surface area contributed by atoms with Crippen LogP contribution in [0.2, 0.25) is 0 Å². The van der Waals surface area contributed by atoms with Crippen LogP contribution in [-0.4, -0.2) is 54.9 Å². The molecule has 0 aromatic heterocycles. The quantitative estimate of drug-likeness (QED) is 0.810. The highest BCUT2D eigenvalue weighted by atomic mass is 19.4. The zero-order valence-electron chi connectivity index (χ0n) is 11.6. The second-order valence-corrected chi connectivity index (χ2v) is 4.40. The Morgan fingerprint density at radius 3 is 2.47 bits per heavy atom. The van der Waals surface area contributed by atoms with Crippen LogP contribution in [0.15, 0.2) is 0 Å². The fraction of sp³-hybridized carbons (Fsp3) is 0.917. The van der Waals surface area contributed by atoms with Gasteiger partial charge in [-0.1, -0.05) is 13.8 Å². The lowest BCUT2D eigenvalue weighted by atomic mass is 10.00. The molecule has 1 fully saturated rings. The third-order valence-electron chi connectivity index (χ3n) is 2.98. The minimum atomic E-state index is -4.18. The number of carbonyl (C=O) groups is 1. The molecule has 114 valence electrons. The van der Waals surface area contributed by atoms with E-state index in [0.29, 0.717) is 6.54 Å². The Hall–Kier alpha value is -0.820. The van der Waals surface area contributed by atoms with E-state index >= 15 is 0 Å². The van der Waals surface area contributed by atoms with Gasteiger partial charge in [0, 0.05) is 19.1 Å². The lowest BCUT2D eigenvalue weighted by Gasteiger charge is -2.26. The van der Waals surface area contributed by atoms with Gasteiger partial charge in [0.25, 0.3) is 0 Å². The summed E-state index contributed by atoms with van der Waals surface area (Å²) >= 11 is 0. The van der Waals surface area contributed by atoms with E-state index in [4.69, 9.17) is 5.11 Å². The molecule has 1 aliphatic heterocycles. The van der Waals surface area contributed by atoms with Crippen LogP contribution in [-0.2, 0) is 4.79 Å². The number of nitrogens with zero attached hydrogens (tertiary/aromatic N) is 1. The number of carboxylic acids is 1. The van der Waals surface area contributed by atoms with E-state index in [1.807, 2.05) is 13.8 Å². The lowest BCUT2D eigenvalue weighted by Crippen LogP contribution is -2.44. The van der Waals surface area contributed by atoms with Crippen molar-refractivity contribution < 1.29 is 23.1 Å². The fourth-order valence-corrected chi connectivity index (χ4v) is 2.06. The van der Waals surface area contributed by atoms with Crippen LogP contribution in [0.3, 0.4) is 0 Å². The molecule has 1 aliphatic rings. The van der Waals surface area contributed by atoms with Crippen LogP contribution in [0, 0.1) is 5.92 Å². The van der Waals surface area contributed by atoms with Crippen molar-refractivity contribution in [2.75, 3.05) is 26.7 Å². The zero-order chi connectivity index (χ0) is 15.1. The maximum atomic E-state index is 12.6. The average Bonchev–Trinajstić information content (AvgIpc) is 2.77. The zero-order valence-corrected chi connectivity index (χ0v) is 11.6. The Labute approximate surface area is 112 Å². The maximum Gasteiger partial charge on any atom is 0.393 e. The Morgan fingerprint density at radius 2 is 2.00 bits per heavy atom. The van der Waals surface area contributed by atoms with Crippen molar-refractivity contribution in [1.29, 1.82) is 0 Å². The molecule has 0 saturated carbocycles. The Kier molecular flexibility index (Phi) is 8.01. The Bertz CT molecular complexity index is 272. The Morgan fingerprint density at radius 1 is 1.42 bits per heavy atom. The Balaban J connectivity index is 0.00000154. The number of halogens is 3. The van der Waals surface area contributed by atoms with E-state index in [1.165, 1.54) is 0 Å². The summed E-state index contributed by atoms with van der Waals surface area (Å²) < 4.78 is 37.9. The van der Waals surface area contributed by atoms with Crippen LogP contribution < -0.4 is 5.32 Å². The largest absolute Gasteiger partial charge is 0.481 e. The van der Waals surface area contributed by atoms with Gasteiger partial charge < -0.3 is 15.3 Å². The highest BCUT2D eigenvalue weighted by Gasteiger charge is 2.46. The number of likely N-dealkylation sites (N-methyl/N-ethyl adjacent to an activating group) is 1.